The maximum atomic E-state index is 11.6. The van der Waals surface area contributed by atoms with Gasteiger partial charge in [-0.1, -0.05) is 6.92 Å². The highest BCUT2D eigenvalue weighted by molar-refractivity contribution is 7.91. The fraction of sp³-hybridized carbons (Fsp3) is 0.800. The van der Waals surface area contributed by atoms with Crippen LogP contribution in [0.4, 0.5) is 0 Å². The Hall–Kier alpha value is -0.880. The molecule has 0 radical (unpaired) electrons. The Kier molecular flexibility index (Phi) is 4.36. The molecule has 0 unspecified atom stereocenters. The predicted octanol–water partition coefficient (Wildman–Crippen LogP) is 1.52. The molecule has 0 amide bonds. The van der Waals surface area contributed by atoms with E-state index >= 15 is 0 Å². The van der Waals surface area contributed by atoms with Crippen LogP contribution in [0, 0.1) is 5.92 Å². The molecule has 0 N–H and O–H groups in total. The van der Waals surface area contributed by atoms with E-state index in [1.165, 1.54) is 12.8 Å². The lowest BCUT2D eigenvalue weighted by Gasteiger charge is -2.35. The van der Waals surface area contributed by atoms with Gasteiger partial charge >= 0.3 is 0 Å². The van der Waals surface area contributed by atoms with Gasteiger partial charge in [-0.25, -0.2) is 13.4 Å². The van der Waals surface area contributed by atoms with Crippen LogP contribution in [-0.2, 0) is 16.3 Å². The van der Waals surface area contributed by atoms with Crippen molar-refractivity contribution in [3.63, 3.8) is 0 Å². The van der Waals surface area contributed by atoms with Crippen LogP contribution in [0.15, 0.2) is 12.4 Å². The van der Waals surface area contributed by atoms with Crippen LogP contribution in [0.1, 0.15) is 38.1 Å². The van der Waals surface area contributed by atoms with E-state index in [1.54, 1.807) is 0 Å². The summed E-state index contributed by atoms with van der Waals surface area (Å²) in [6.45, 7) is 5.21. The summed E-state index contributed by atoms with van der Waals surface area (Å²) in [6, 6.07) is 0.495. The van der Waals surface area contributed by atoms with Gasteiger partial charge in [-0.15, -0.1) is 0 Å². The van der Waals surface area contributed by atoms with Gasteiger partial charge in [0.2, 0.25) is 0 Å². The molecule has 6 heteroatoms. The maximum absolute atomic E-state index is 11.6. The van der Waals surface area contributed by atoms with E-state index < -0.39 is 9.84 Å². The van der Waals surface area contributed by atoms with Gasteiger partial charge in [-0.3, -0.25) is 0 Å². The van der Waals surface area contributed by atoms with Crippen molar-refractivity contribution in [1.82, 2.24) is 14.5 Å². The SMILES string of the molecule is CCc1nccn1[C@@H]1CCCN(C[C@@H]2CCS(=O)(=O)C2)C1. The summed E-state index contributed by atoms with van der Waals surface area (Å²) in [4.78, 5) is 6.88. The average Bonchev–Trinajstić information content (AvgIpc) is 3.05. The number of imidazole rings is 1. The number of sulfone groups is 1. The Balaban J connectivity index is 1.61. The van der Waals surface area contributed by atoms with E-state index in [2.05, 4.69) is 27.6 Å². The van der Waals surface area contributed by atoms with Crippen molar-refractivity contribution in [2.24, 2.45) is 5.92 Å². The summed E-state index contributed by atoms with van der Waals surface area (Å²) in [5, 5.41) is 0. The Morgan fingerprint density at radius 2 is 2.24 bits per heavy atom. The van der Waals surface area contributed by atoms with Crippen molar-refractivity contribution >= 4 is 9.84 Å². The molecular weight excluding hydrogens is 286 g/mol. The first-order valence-corrected chi connectivity index (χ1v) is 9.84. The second-order valence-electron chi connectivity index (χ2n) is 6.43. The average molecular weight is 311 g/mol. The van der Waals surface area contributed by atoms with Gasteiger partial charge < -0.3 is 9.47 Å². The minimum atomic E-state index is -2.76. The molecule has 2 fully saturated rings. The predicted molar refractivity (Wildman–Crippen MR) is 83.1 cm³/mol. The minimum absolute atomic E-state index is 0.335. The second kappa shape index (κ2) is 6.08. The first-order chi connectivity index (χ1) is 10.1. The molecule has 3 rings (SSSR count). The molecule has 0 bridgehead atoms. The normalized spacial score (nSPS) is 29.8. The van der Waals surface area contributed by atoms with Gasteiger partial charge in [-0.2, -0.15) is 0 Å². The molecule has 1 aromatic heterocycles. The molecule has 0 aliphatic carbocycles. The number of hydrogen-bond acceptors (Lipinski definition) is 4. The number of aromatic nitrogens is 2. The molecule has 2 aliphatic heterocycles. The molecule has 3 heterocycles. The van der Waals surface area contributed by atoms with E-state index in [9.17, 15) is 8.42 Å². The largest absolute Gasteiger partial charge is 0.331 e. The van der Waals surface area contributed by atoms with Crippen LogP contribution < -0.4 is 0 Å². The number of aryl methyl sites for hydroxylation is 1. The molecule has 2 atom stereocenters. The van der Waals surface area contributed by atoms with Crippen molar-refractivity contribution in [2.75, 3.05) is 31.1 Å². The lowest BCUT2D eigenvalue weighted by atomic mass is 10.0. The maximum Gasteiger partial charge on any atom is 0.150 e. The molecule has 0 saturated carbocycles. The van der Waals surface area contributed by atoms with Crippen LogP contribution in [-0.4, -0.2) is 54.0 Å². The van der Waals surface area contributed by atoms with Crippen molar-refractivity contribution in [3.05, 3.63) is 18.2 Å². The summed E-state index contributed by atoms with van der Waals surface area (Å²) < 4.78 is 25.5. The standard InChI is InChI=1S/C15H25N3O2S/c1-2-15-16-6-8-18(15)14-4-3-7-17(11-14)10-13-5-9-21(19,20)12-13/h6,8,13-14H,2-5,7,9-12H2,1H3/t13-,14+/m0/s1. The number of rotatable bonds is 4. The zero-order valence-electron chi connectivity index (χ0n) is 12.7. The quantitative estimate of drug-likeness (QED) is 0.846. The van der Waals surface area contributed by atoms with E-state index in [1.807, 2.05) is 6.20 Å². The van der Waals surface area contributed by atoms with Gasteiger partial charge in [-0.05, 0) is 31.7 Å². The molecule has 21 heavy (non-hydrogen) atoms. The van der Waals surface area contributed by atoms with Crippen LogP contribution in [0.3, 0.4) is 0 Å². The lowest BCUT2D eigenvalue weighted by molar-refractivity contribution is 0.157. The fourth-order valence-electron chi connectivity index (χ4n) is 3.76. The molecule has 1 aromatic rings. The minimum Gasteiger partial charge on any atom is -0.331 e. The highest BCUT2D eigenvalue weighted by Gasteiger charge is 2.31. The van der Waals surface area contributed by atoms with Crippen LogP contribution in [0.5, 0.6) is 0 Å². The zero-order valence-corrected chi connectivity index (χ0v) is 13.6. The Morgan fingerprint density at radius 3 is 2.95 bits per heavy atom. The summed E-state index contributed by atoms with van der Waals surface area (Å²) >= 11 is 0. The third-order valence-electron chi connectivity index (χ3n) is 4.78. The van der Waals surface area contributed by atoms with E-state index in [4.69, 9.17) is 0 Å². The molecule has 118 valence electrons. The van der Waals surface area contributed by atoms with E-state index in [0.29, 0.717) is 23.5 Å². The van der Waals surface area contributed by atoms with Crippen LogP contribution in [0.25, 0.3) is 0 Å². The molecule has 5 nitrogen and oxygen atoms in total. The van der Waals surface area contributed by atoms with Crippen molar-refractivity contribution in [2.45, 2.75) is 38.6 Å². The van der Waals surface area contributed by atoms with Crippen molar-refractivity contribution in [3.8, 4) is 0 Å². The van der Waals surface area contributed by atoms with Gasteiger partial charge in [0, 0.05) is 37.9 Å². The van der Waals surface area contributed by atoms with Gasteiger partial charge in [0.15, 0.2) is 9.84 Å². The summed E-state index contributed by atoms with van der Waals surface area (Å²) in [5.74, 6) is 2.27. The highest BCUT2D eigenvalue weighted by Crippen LogP contribution is 2.26. The first kappa shape index (κ1) is 15.0. The molecule has 0 spiro atoms. The first-order valence-electron chi connectivity index (χ1n) is 8.02. The molecule has 0 aromatic carbocycles. The Labute approximate surface area is 127 Å². The number of likely N-dealkylation sites (tertiary alicyclic amines) is 1. The number of nitrogens with zero attached hydrogens (tertiary/aromatic N) is 3. The summed E-state index contributed by atoms with van der Waals surface area (Å²) in [6.07, 6.45) is 8.17. The lowest BCUT2D eigenvalue weighted by Crippen LogP contribution is -2.39. The third kappa shape index (κ3) is 3.48. The molecular formula is C15H25N3O2S. The number of hydrogen-bond donors (Lipinski definition) is 0. The van der Waals surface area contributed by atoms with Crippen molar-refractivity contribution in [1.29, 1.82) is 0 Å². The molecule has 2 saturated heterocycles. The Morgan fingerprint density at radius 1 is 1.38 bits per heavy atom. The summed E-state index contributed by atoms with van der Waals surface area (Å²) in [5.41, 5.74) is 0. The zero-order chi connectivity index (χ0) is 14.9. The third-order valence-corrected chi connectivity index (χ3v) is 6.62. The number of piperidine rings is 1. The Bertz CT molecular complexity index is 581. The van der Waals surface area contributed by atoms with Gasteiger partial charge in [0.25, 0.3) is 0 Å². The van der Waals surface area contributed by atoms with Gasteiger partial charge in [0.05, 0.1) is 11.5 Å². The summed E-state index contributed by atoms with van der Waals surface area (Å²) in [7, 11) is -2.76. The topological polar surface area (TPSA) is 55.2 Å². The van der Waals surface area contributed by atoms with E-state index in [-0.39, 0.29) is 0 Å². The smallest absolute Gasteiger partial charge is 0.150 e. The van der Waals surface area contributed by atoms with Crippen LogP contribution in [0.2, 0.25) is 0 Å². The highest BCUT2D eigenvalue weighted by atomic mass is 32.2. The second-order valence-corrected chi connectivity index (χ2v) is 8.66. The van der Waals surface area contributed by atoms with Crippen molar-refractivity contribution < 1.29 is 8.42 Å². The fourth-order valence-corrected chi connectivity index (χ4v) is 5.60. The monoisotopic (exact) mass is 311 g/mol. The van der Waals surface area contributed by atoms with E-state index in [0.717, 1.165) is 38.3 Å². The molecule has 2 aliphatic rings. The van der Waals surface area contributed by atoms with Crippen LogP contribution >= 0.6 is 0 Å². The van der Waals surface area contributed by atoms with Gasteiger partial charge in [0.1, 0.15) is 5.82 Å².